The minimum atomic E-state index is -3.45. The molecule has 0 radical (unpaired) electrons. The van der Waals surface area contributed by atoms with Gasteiger partial charge < -0.3 is 10.5 Å². The standard InChI is InChI=1S/C13H18N2O3S2/c1-10-9-15(6-7-18-10)20(16,17)12-4-2-11(3-5-12)8-13(14)19/h2-5,10H,6-9H2,1H3,(H2,14,19). The number of ether oxygens (including phenoxy) is 1. The van der Waals surface area contributed by atoms with Gasteiger partial charge in [0.1, 0.15) is 0 Å². The molecule has 1 aromatic carbocycles. The lowest BCUT2D eigenvalue weighted by atomic mass is 10.1. The molecule has 0 spiro atoms. The second-order valence-corrected chi connectivity index (χ2v) is 7.29. The number of nitrogens with zero attached hydrogens (tertiary/aromatic N) is 1. The third-order valence-corrected chi connectivity index (χ3v) is 5.17. The van der Waals surface area contributed by atoms with E-state index in [0.717, 1.165) is 5.56 Å². The Bertz CT molecular complexity index is 584. The minimum Gasteiger partial charge on any atom is -0.393 e. The molecule has 1 fully saturated rings. The minimum absolute atomic E-state index is 0.0765. The van der Waals surface area contributed by atoms with Crippen molar-refractivity contribution in [1.82, 2.24) is 4.31 Å². The van der Waals surface area contributed by atoms with Crippen molar-refractivity contribution in [3.8, 4) is 0 Å². The van der Waals surface area contributed by atoms with Gasteiger partial charge in [-0.3, -0.25) is 0 Å². The van der Waals surface area contributed by atoms with E-state index in [0.29, 0.717) is 36.0 Å². The maximum absolute atomic E-state index is 12.5. The Morgan fingerprint density at radius 3 is 2.65 bits per heavy atom. The fourth-order valence-electron chi connectivity index (χ4n) is 2.13. The average Bonchev–Trinajstić information content (AvgIpc) is 2.38. The molecule has 1 unspecified atom stereocenters. The molecule has 0 bridgehead atoms. The van der Waals surface area contributed by atoms with Gasteiger partial charge in [0.05, 0.1) is 22.6 Å². The molecule has 1 saturated heterocycles. The summed E-state index contributed by atoms with van der Waals surface area (Å²) in [5.74, 6) is 0. The van der Waals surface area contributed by atoms with Crippen molar-refractivity contribution in [2.24, 2.45) is 5.73 Å². The molecule has 1 atom stereocenters. The molecular formula is C13H18N2O3S2. The van der Waals surface area contributed by atoms with Crippen LogP contribution in [0.3, 0.4) is 0 Å². The van der Waals surface area contributed by atoms with E-state index in [1.807, 2.05) is 6.92 Å². The molecule has 5 nitrogen and oxygen atoms in total. The first-order valence-corrected chi connectivity index (χ1v) is 8.23. The highest BCUT2D eigenvalue weighted by atomic mass is 32.2. The van der Waals surface area contributed by atoms with Gasteiger partial charge in [0.25, 0.3) is 0 Å². The Labute approximate surface area is 124 Å². The average molecular weight is 314 g/mol. The number of sulfonamides is 1. The van der Waals surface area contributed by atoms with Crippen LogP contribution in [0.15, 0.2) is 29.2 Å². The van der Waals surface area contributed by atoms with Gasteiger partial charge in [-0.15, -0.1) is 0 Å². The van der Waals surface area contributed by atoms with E-state index in [2.05, 4.69) is 0 Å². The summed E-state index contributed by atoms with van der Waals surface area (Å²) in [5.41, 5.74) is 6.38. The summed E-state index contributed by atoms with van der Waals surface area (Å²) in [4.78, 5) is 0.681. The molecule has 0 aliphatic carbocycles. The highest BCUT2D eigenvalue weighted by molar-refractivity contribution is 7.89. The lowest BCUT2D eigenvalue weighted by Gasteiger charge is -2.30. The van der Waals surface area contributed by atoms with Crippen molar-refractivity contribution in [2.45, 2.75) is 24.3 Å². The number of hydrogen-bond donors (Lipinski definition) is 1. The second-order valence-electron chi connectivity index (χ2n) is 4.83. The summed E-state index contributed by atoms with van der Waals surface area (Å²) >= 11 is 4.84. The molecule has 2 rings (SSSR count). The number of thiocarbonyl (C=S) groups is 1. The monoisotopic (exact) mass is 314 g/mol. The van der Waals surface area contributed by atoms with Gasteiger partial charge in [-0.2, -0.15) is 4.31 Å². The summed E-state index contributed by atoms with van der Waals surface area (Å²) in [7, 11) is -3.45. The Hall–Kier alpha value is -1.02. The van der Waals surface area contributed by atoms with Crippen LogP contribution in [0.1, 0.15) is 12.5 Å². The van der Waals surface area contributed by atoms with Crippen LogP contribution in [0.25, 0.3) is 0 Å². The number of hydrogen-bond acceptors (Lipinski definition) is 4. The zero-order valence-electron chi connectivity index (χ0n) is 11.3. The highest BCUT2D eigenvalue weighted by Gasteiger charge is 2.28. The summed E-state index contributed by atoms with van der Waals surface area (Å²) in [6.07, 6.45) is 0.400. The van der Waals surface area contributed by atoms with Gasteiger partial charge in [0.15, 0.2) is 0 Å². The van der Waals surface area contributed by atoms with Gasteiger partial charge in [0.2, 0.25) is 10.0 Å². The quantitative estimate of drug-likeness (QED) is 0.837. The maximum atomic E-state index is 12.5. The van der Waals surface area contributed by atoms with Crippen molar-refractivity contribution in [2.75, 3.05) is 19.7 Å². The molecule has 2 N–H and O–H groups in total. The highest BCUT2D eigenvalue weighted by Crippen LogP contribution is 2.19. The normalized spacial score (nSPS) is 20.8. The van der Waals surface area contributed by atoms with E-state index in [1.165, 1.54) is 4.31 Å². The lowest BCUT2D eigenvalue weighted by molar-refractivity contribution is 0.0102. The van der Waals surface area contributed by atoms with Crippen molar-refractivity contribution in [1.29, 1.82) is 0 Å². The summed E-state index contributed by atoms with van der Waals surface area (Å²) < 4.78 is 31.8. The first-order chi connectivity index (χ1) is 9.39. The second kappa shape index (κ2) is 6.17. The van der Waals surface area contributed by atoms with Crippen LogP contribution in [-0.2, 0) is 21.2 Å². The molecule has 110 valence electrons. The van der Waals surface area contributed by atoms with Crippen molar-refractivity contribution in [3.05, 3.63) is 29.8 Å². The van der Waals surface area contributed by atoms with Crippen LogP contribution in [0.4, 0.5) is 0 Å². The maximum Gasteiger partial charge on any atom is 0.243 e. The van der Waals surface area contributed by atoms with Gasteiger partial charge in [-0.05, 0) is 24.6 Å². The van der Waals surface area contributed by atoms with Crippen molar-refractivity contribution < 1.29 is 13.2 Å². The van der Waals surface area contributed by atoms with E-state index in [1.54, 1.807) is 24.3 Å². The van der Waals surface area contributed by atoms with Crippen molar-refractivity contribution in [3.63, 3.8) is 0 Å². The van der Waals surface area contributed by atoms with Crippen LogP contribution in [0, 0.1) is 0 Å². The molecule has 0 aromatic heterocycles. The molecule has 7 heteroatoms. The lowest BCUT2D eigenvalue weighted by Crippen LogP contribution is -2.44. The van der Waals surface area contributed by atoms with Crippen LogP contribution < -0.4 is 5.73 Å². The Morgan fingerprint density at radius 2 is 2.10 bits per heavy atom. The molecule has 1 aliphatic heterocycles. The van der Waals surface area contributed by atoms with E-state index in [9.17, 15) is 8.42 Å². The molecule has 20 heavy (non-hydrogen) atoms. The number of benzene rings is 1. The number of rotatable bonds is 4. The van der Waals surface area contributed by atoms with Gasteiger partial charge in [-0.25, -0.2) is 8.42 Å². The van der Waals surface area contributed by atoms with Crippen LogP contribution >= 0.6 is 12.2 Å². The fraction of sp³-hybridized carbons (Fsp3) is 0.462. The third kappa shape index (κ3) is 3.54. The van der Waals surface area contributed by atoms with E-state index in [-0.39, 0.29) is 6.10 Å². The molecule has 0 saturated carbocycles. The Morgan fingerprint density at radius 1 is 1.45 bits per heavy atom. The Kier molecular flexibility index (Phi) is 4.74. The van der Waals surface area contributed by atoms with E-state index in [4.69, 9.17) is 22.7 Å². The van der Waals surface area contributed by atoms with Gasteiger partial charge in [-0.1, -0.05) is 24.4 Å². The summed E-state index contributed by atoms with van der Waals surface area (Å²) in [6, 6.07) is 6.69. The van der Waals surface area contributed by atoms with Crippen molar-refractivity contribution >= 4 is 27.2 Å². The number of morpholine rings is 1. The first kappa shape index (κ1) is 15.4. The largest absolute Gasteiger partial charge is 0.393 e. The van der Waals surface area contributed by atoms with Crippen LogP contribution in [0.2, 0.25) is 0 Å². The smallest absolute Gasteiger partial charge is 0.243 e. The molecule has 0 amide bonds. The SMILES string of the molecule is CC1CN(S(=O)(=O)c2ccc(CC(N)=S)cc2)CCO1. The predicted octanol–water partition coefficient (Wildman–Crippen LogP) is 0.925. The Balaban J connectivity index is 2.19. The molecule has 1 aliphatic rings. The van der Waals surface area contributed by atoms with Crippen LogP contribution in [0.5, 0.6) is 0 Å². The van der Waals surface area contributed by atoms with Crippen LogP contribution in [-0.4, -0.2) is 43.5 Å². The summed E-state index contributed by atoms with van der Waals surface area (Å²) in [6.45, 7) is 3.07. The fourth-order valence-corrected chi connectivity index (χ4v) is 3.80. The summed E-state index contributed by atoms with van der Waals surface area (Å²) in [5, 5.41) is 0. The van der Waals surface area contributed by atoms with E-state index < -0.39 is 10.0 Å². The number of nitrogens with two attached hydrogens (primary N) is 1. The van der Waals surface area contributed by atoms with E-state index >= 15 is 0 Å². The first-order valence-electron chi connectivity index (χ1n) is 6.38. The molecular weight excluding hydrogens is 296 g/mol. The van der Waals surface area contributed by atoms with Gasteiger partial charge >= 0.3 is 0 Å². The molecule has 1 aromatic rings. The third-order valence-electron chi connectivity index (χ3n) is 3.14. The van der Waals surface area contributed by atoms with Gasteiger partial charge in [0, 0.05) is 19.5 Å². The zero-order valence-corrected chi connectivity index (χ0v) is 12.9. The zero-order chi connectivity index (χ0) is 14.8. The predicted molar refractivity (Wildman–Crippen MR) is 81.1 cm³/mol. The topological polar surface area (TPSA) is 72.6 Å². The molecule has 1 heterocycles.